The normalized spacial score (nSPS) is 12.5. The SMILES string of the molecule is CCCC(CN)C(=O)Cc1c(Cl)cccc1Cl. The highest BCUT2D eigenvalue weighted by molar-refractivity contribution is 6.36. The van der Waals surface area contributed by atoms with Crippen molar-refractivity contribution in [3.05, 3.63) is 33.8 Å². The molecular formula is C13H17Cl2NO. The van der Waals surface area contributed by atoms with Crippen molar-refractivity contribution in [1.29, 1.82) is 0 Å². The van der Waals surface area contributed by atoms with Crippen molar-refractivity contribution in [2.24, 2.45) is 11.7 Å². The second kappa shape index (κ2) is 7.00. The van der Waals surface area contributed by atoms with Gasteiger partial charge in [-0.2, -0.15) is 0 Å². The molecule has 2 nitrogen and oxygen atoms in total. The van der Waals surface area contributed by atoms with Gasteiger partial charge in [0.25, 0.3) is 0 Å². The average Bonchev–Trinajstić information content (AvgIpc) is 2.30. The van der Waals surface area contributed by atoms with E-state index in [1.807, 2.05) is 6.92 Å². The Labute approximate surface area is 112 Å². The molecule has 0 bridgehead atoms. The van der Waals surface area contributed by atoms with Crippen LogP contribution in [0.4, 0.5) is 0 Å². The summed E-state index contributed by atoms with van der Waals surface area (Å²) in [7, 11) is 0. The van der Waals surface area contributed by atoms with E-state index in [0.29, 0.717) is 22.2 Å². The lowest BCUT2D eigenvalue weighted by atomic mass is 9.94. The number of Topliss-reactive ketones (excluding diaryl/α,β-unsaturated/α-hetero) is 1. The summed E-state index contributed by atoms with van der Waals surface area (Å²) in [5.74, 6) is 0.0247. The molecule has 1 atom stereocenters. The quantitative estimate of drug-likeness (QED) is 0.863. The van der Waals surface area contributed by atoms with Crippen molar-refractivity contribution >= 4 is 29.0 Å². The molecule has 0 saturated heterocycles. The number of carbonyl (C=O) groups is 1. The Hall–Kier alpha value is -0.570. The van der Waals surface area contributed by atoms with Gasteiger partial charge in [0.1, 0.15) is 5.78 Å². The van der Waals surface area contributed by atoms with Gasteiger partial charge in [0.15, 0.2) is 0 Å². The molecule has 1 unspecified atom stereocenters. The van der Waals surface area contributed by atoms with E-state index >= 15 is 0 Å². The van der Waals surface area contributed by atoms with Gasteiger partial charge in [-0.1, -0.05) is 42.6 Å². The van der Waals surface area contributed by atoms with Crippen LogP contribution in [-0.4, -0.2) is 12.3 Å². The molecule has 1 rings (SSSR count). The molecule has 0 aliphatic heterocycles. The van der Waals surface area contributed by atoms with E-state index in [1.54, 1.807) is 18.2 Å². The molecule has 0 aliphatic carbocycles. The van der Waals surface area contributed by atoms with Gasteiger partial charge in [-0.05, 0) is 24.1 Å². The lowest BCUT2D eigenvalue weighted by Gasteiger charge is -2.13. The summed E-state index contributed by atoms with van der Waals surface area (Å²) in [5.41, 5.74) is 6.31. The molecule has 0 aliphatic rings. The van der Waals surface area contributed by atoms with Crippen LogP contribution >= 0.6 is 23.2 Å². The highest BCUT2D eigenvalue weighted by Crippen LogP contribution is 2.26. The Bertz CT molecular complexity index is 373. The first-order valence-electron chi connectivity index (χ1n) is 5.75. The van der Waals surface area contributed by atoms with Crippen LogP contribution in [0.1, 0.15) is 25.3 Å². The molecule has 0 spiro atoms. The summed E-state index contributed by atoms with van der Waals surface area (Å²) >= 11 is 12.1. The molecule has 0 amide bonds. The van der Waals surface area contributed by atoms with Crippen LogP contribution in [0.15, 0.2) is 18.2 Å². The van der Waals surface area contributed by atoms with Gasteiger partial charge in [-0.3, -0.25) is 4.79 Å². The van der Waals surface area contributed by atoms with Gasteiger partial charge in [0, 0.05) is 28.9 Å². The second-order valence-corrected chi connectivity index (χ2v) is 4.88. The van der Waals surface area contributed by atoms with Gasteiger partial charge in [-0.15, -0.1) is 0 Å². The van der Waals surface area contributed by atoms with Gasteiger partial charge in [0.05, 0.1) is 0 Å². The van der Waals surface area contributed by atoms with Crippen LogP contribution in [0.3, 0.4) is 0 Å². The van der Waals surface area contributed by atoms with Gasteiger partial charge >= 0.3 is 0 Å². The largest absolute Gasteiger partial charge is 0.330 e. The maximum absolute atomic E-state index is 12.0. The number of benzene rings is 1. The van der Waals surface area contributed by atoms with E-state index in [-0.39, 0.29) is 18.1 Å². The molecule has 17 heavy (non-hydrogen) atoms. The standard InChI is InChI=1S/C13H17Cl2NO/c1-2-4-9(8-16)13(17)7-10-11(14)5-3-6-12(10)15/h3,5-6,9H,2,4,7-8,16H2,1H3. The van der Waals surface area contributed by atoms with Crippen LogP contribution in [0, 0.1) is 5.92 Å². The fourth-order valence-corrected chi connectivity index (χ4v) is 2.31. The lowest BCUT2D eigenvalue weighted by molar-refractivity contribution is -0.122. The number of hydrogen-bond acceptors (Lipinski definition) is 2. The van der Waals surface area contributed by atoms with Crippen LogP contribution in [0.25, 0.3) is 0 Å². The van der Waals surface area contributed by atoms with Gasteiger partial charge in [0.2, 0.25) is 0 Å². The molecule has 0 aromatic heterocycles. The van der Waals surface area contributed by atoms with E-state index in [0.717, 1.165) is 12.8 Å². The minimum Gasteiger partial charge on any atom is -0.330 e. The van der Waals surface area contributed by atoms with Crippen LogP contribution in [0.2, 0.25) is 10.0 Å². The Morgan fingerprint density at radius 3 is 2.41 bits per heavy atom. The zero-order chi connectivity index (χ0) is 12.8. The topological polar surface area (TPSA) is 43.1 Å². The Morgan fingerprint density at radius 1 is 1.35 bits per heavy atom. The molecule has 0 radical (unpaired) electrons. The molecule has 0 fully saturated rings. The molecule has 94 valence electrons. The number of nitrogens with two attached hydrogens (primary N) is 1. The molecular weight excluding hydrogens is 257 g/mol. The number of halogens is 2. The highest BCUT2D eigenvalue weighted by atomic mass is 35.5. The first-order chi connectivity index (χ1) is 8.10. The van der Waals surface area contributed by atoms with E-state index in [9.17, 15) is 4.79 Å². The van der Waals surface area contributed by atoms with Crippen molar-refractivity contribution in [3.63, 3.8) is 0 Å². The van der Waals surface area contributed by atoms with E-state index in [4.69, 9.17) is 28.9 Å². The Kier molecular flexibility index (Phi) is 5.96. The highest BCUT2D eigenvalue weighted by Gasteiger charge is 2.18. The Balaban J connectivity index is 2.80. The predicted molar refractivity (Wildman–Crippen MR) is 72.6 cm³/mol. The smallest absolute Gasteiger partial charge is 0.141 e. The first-order valence-corrected chi connectivity index (χ1v) is 6.51. The molecule has 0 saturated carbocycles. The first kappa shape index (κ1) is 14.5. The summed E-state index contributed by atoms with van der Waals surface area (Å²) in [6.07, 6.45) is 2.03. The lowest BCUT2D eigenvalue weighted by Crippen LogP contribution is -2.25. The maximum atomic E-state index is 12.0. The molecule has 1 aromatic carbocycles. The van der Waals surface area contributed by atoms with Crippen molar-refractivity contribution < 1.29 is 4.79 Å². The van der Waals surface area contributed by atoms with Crippen LogP contribution < -0.4 is 5.73 Å². The van der Waals surface area contributed by atoms with Crippen molar-refractivity contribution in [2.45, 2.75) is 26.2 Å². The minimum atomic E-state index is -0.0904. The third-order valence-electron chi connectivity index (χ3n) is 2.79. The molecule has 0 heterocycles. The van der Waals surface area contributed by atoms with E-state index in [2.05, 4.69) is 0 Å². The fourth-order valence-electron chi connectivity index (χ4n) is 1.78. The minimum absolute atomic E-state index is 0.0904. The van der Waals surface area contributed by atoms with Crippen molar-refractivity contribution in [2.75, 3.05) is 6.54 Å². The van der Waals surface area contributed by atoms with Crippen LogP contribution in [0.5, 0.6) is 0 Å². The van der Waals surface area contributed by atoms with Crippen molar-refractivity contribution in [1.82, 2.24) is 0 Å². The summed E-state index contributed by atoms with van der Waals surface area (Å²) in [4.78, 5) is 12.0. The Morgan fingerprint density at radius 2 is 1.94 bits per heavy atom. The van der Waals surface area contributed by atoms with Gasteiger partial charge < -0.3 is 5.73 Å². The van der Waals surface area contributed by atoms with E-state index in [1.165, 1.54) is 0 Å². The number of rotatable bonds is 6. The maximum Gasteiger partial charge on any atom is 0.141 e. The number of ketones is 1. The fraction of sp³-hybridized carbons (Fsp3) is 0.462. The summed E-state index contributed by atoms with van der Waals surface area (Å²) in [6.45, 7) is 2.42. The zero-order valence-electron chi connectivity index (χ0n) is 9.88. The number of hydrogen-bond donors (Lipinski definition) is 1. The summed E-state index contributed by atoms with van der Waals surface area (Å²) in [5, 5.41) is 1.08. The predicted octanol–water partition coefficient (Wildman–Crippen LogP) is 3.48. The molecule has 4 heteroatoms. The number of carbonyl (C=O) groups excluding carboxylic acids is 1. The monoisotopic (exact) mass is 273 g/mol. The third-order valence-corrected chi connectivity index (χ3v) is 3.50. The van der Waals surface area contributed by atoms with Crippen LogP contribution in [-0.2, 0) is 11.2 Å². The van der Waals surface area contributed by atoms with Crippen molar-refractivity contribution in [3.8, 4) is 0 Å². The molecule has 2 N–H and O–H groups in total. The summed E-state index contributed by atoms with van der Waals surface area (Å²) in [6, 6.07) is 5.26. The second-order valence-electron chi connectivity index (χ2n) is 4.06. The van der Waals surface area contributed by atoms with Gasteiger partial charge in [-0.25, -0.2) is 0 Å². The third kappa shape index (κ3) is 3.98. The van der Waals surface area contributed by atoms with E-state index < -0.39 is 0 Å². The molecule has 1 aromatic rings. The summed E-state index contributed by atoms with van der Waals surface area (Å²) < 4.78 is 0. The zero-order valence-corrected chi connectivity index (χ0v) is 11.4. The average molecular weight is 274 g/mol.